The second kappa shape index (κ2) is 2.50. The van der Waals surface area contributed by atoms with Crippen molar-refractivity contribution in [3.8, 4) is 0 Å². The van der Waals surface area contributed by atoms with Gasteiger partial charge in [0.25, 0.3) is 0 Å². The van der Waals surface area contributed by atoms with Crippen molar-refractivity contribution < 1.29 is 0 Å². The second-order valence-corrected chi connectivity index (χ2v) is 8.14. The Balaban J connectivity index is 2.14. The molecule has 2 aliphatic rings. The minimum Gasteiger partial charge on any atom is -0.0875 e. The summed E-state index contributed by atoms with van der Waals surface area (Å²) in [5, 5.41) is 0. The lowest BCUT2D eigenvalue weighted by Crippen LogP contribution is -2.32. The summed E-state index contributed by atoms with van der Waals surface area (Å²) in [6, 6.07) is 0. The van der Waals surface area contributed by atoms with Crippen molar-refractivity contribution in [2.24, 2.45) is 17.3 Å². The van der Waals surface area contributed by atoms with Gasteiger partial charge in [0.2, 0.25) is 0 Å². The molecule has 2 saturated carbocycles. The Morgan fingerprint density at radius 2 is 1.75 bits per heavy atom. The molecule has 0 N–H and O–H groups in total. The Hall–Kier alpha value is 0.960. The molecular weight excluding hydrogens is 280 g/mol. The molecule has 0 radical (unpaired) electrons. The summed E-state index contributed by atoms with van der Waals surface area (Å²) >= 11 is 7.61. The fourth-order valence-electron chi connectivity index (χ4n) is 2.76. The average molecular weight is 296 g/mol. The standard InChI is InChI=1S/C10H16Br2/c1-9(2)6-4-8(11)10(3,12)5-7(6)9/h6-8H,4-5H2,1-3H3. The van der Waals surface area contributed by atoms with Crippen LogP contribution in [0.3, 0.4) is 0 Å². The van der Waals surface area contributed by atoms with Crippen molar-refractivity contribution in [2.45, 2.75) is 42.8 Å². The maximum Gasteiger partial charge on any atom is 0.0357 e. The minimum atomic E-state index is 0.335. The van der Waals surface area contributed by atoms with Gasteiger partial charge in [0.05, 0.1) is 0 Å². The SMILES string of the molecule is CC1(Br)CC2C(CC1Br)C2(C)C. The van der Waals surface area contributed by atoms with Gasteiger partial charge in [-0.05, 0) is 37.0 Å². The summed E-state index contributed by atoms with van der Waals surface area (Å²) < 4.78 is 0.335. The summed E-state index contributed by atoms with van der Waals surface area (Å²) in [6.07, 6.45) is 2.68. The monoisotopic (exact) mass is 294 g/mol. The molecule has 0 saturated heterocycles. The summed E-state index contributed by atoms with van der Waals surface area (Å²) in [5.41, 5.74) is 0.623. The number of hydrogen-bond acceptors (Lipinski definition) is 0. The van der Waals surface area contributed by atoms with Crippen molar-refractivity contribution in [2.75, 3.05) is 0 Å². The largest absolute Gasteiger partial charge is 0.0875 e. The van der Waals surface area contributed by atoms with E-state index >= 15 is 0 Å². The first kappa shape index (κ1) is 9.51. The lowest BCUT2D eigenvalue weighted by Gasteiger charge is -2.32. The Bertz CT molecular complexity index is 208. The van der Waals surface area contributed by atoms with Crippen LogP contribution in [0.2, 0.25) is 0 Å². The van der Waals surface area contributed by atoms with Crippen molar-refractivity contribution in [3.63, 3.8) is 0 Å². The fraction of sp³-hybridized carbons (Fsp3) is 1.00. The van der Waals surface area contributed by atoms with Crippen molar-refractivity contribution in [1.82, 2.24) is 0 Å². The molecule has 2 fully saturated rings. The third-order valence-electron chi connectivity index (χ3n) is 4.02. The van der Waals surface area contributed by atoms with Crippen LogP contribution in [0.1, 0.15) is 33.6 Å². The zero-order valence-corrected chi connectivity index (χ0v) is 11.1. The second-order valence-electron chi connectivity index (χ2n) is 5.22. The molecule has 12 heavy (non-hydrogen) atoms. The van der Waals surface area contributed by atoms with Crippen LogP contribution in [0.4, 0.5) is 0 Å². The first-order valence-electron chi connectivity index (χ1n) is 4.68. The topological polar surface area (TPSA) is 0 Å². The van der Waals surface area contributed by atoms with E-state index in [2.05, 4.69) is 52.6 Å². The van der Waals surface area contributed by atoms with E-state index in [1.807, 2.05) is 0 Å². The number of rotatable bonds is 0. The maximum atomic E-state index is 3.83. The van der Waals surface area contributed by atoms with Crippen LogP contribution in [-0.2, 0) is 0 Å². The first-order valence-corrected chi connectivity index (χ1v) is 6.39. The molecule has 4 atom stereocenters. The summed E-state index contributed by atoms with van der Waals surface area (Å²) in [6.45, 7) is 7.14. The molecule has 0 aromatic rings. The van der Waals surface area contributed by atoms with Crippen LogP contribution in [0.25, 0.3) is 0 Å². The van der Waals surface area contributed by atoms with Gasteiger partial charge in [0.1, 0.15) is 0 Å². The summed E-state index contributed by atoms with van der Waals surface area (Å²) in [7, 11) is 0. The number of alkyl halides is 2. The van der Waals surface area contributed by atoms with Crippen molar-refractivity contribution in [1.29, 1.82) is 0 Å². The molecular formula is C10H16Br2. The van der Waals surface area contributed by atoms with E-state index in [1.165, 1.54) is 12.8 Å². The number of fused-ring (bicyclic) bond motifs is 1. The van der Waals surface area contributed by atoms with Crippen LogP contribution >= 0.6 is 31.9 Å². The first-order chi connectivity index (χ1) is 5.36. The fourth-order valence-corrected chi connectivity index (χ4v) is 3.88. The molecule has 0 aromatic heterocycles. The van der Waals surface area contributed by atoms with Crippen molar-refractivity contribution >= 4 is 31.9 Å². The van der Waals surface area contributed by atoms with Crippen molar-refractivity contribution in [3.05, 3.63) is 0 Å². The average Bonchev–Trinajstić information content (AvgIpc) is 2.37. The third kappa shape index (κ3) is 1.21. The van der Waals surface area contributed by atoms with Gasteiger partial charge < -0.3 is 0 Å². The van der Waals surface area contributed by atoms with E-state index in [0.717, 1.165) is 11.8 Å². The maximum absolute atomic E-state index is 3.83. The highest BCUT2D eigenvalue weighted by Crippen LogP contribution is 2.68. The third-order valence-corrected chi connectivity index (χ3v) is 6.90. The molecule has 0 amide bonds. The Kier molecular flexibility index (Phi) is 1.98. The van der Waals surface area contributed by atoms with Gasteiger partial charge in [-0.1, -0.05) is 45.7 Å². The van der Waals surface area contributed by atoms with Gasteiger partial charge in [0.15, 0.2) is 0 Å². The lowest BCUT2D eigenvalue weighted by molar-refractivity contribution is 0.426. The van der Waals surface area contributed by atoms with Gasteiger partial charge >= 0.3 is 0 Å². The lowest BCUT2D eigenvalue weighted by atomic mass is 9.90. The highest BCUT2D eigenvalue weighted by molar-refractivity contribution is 9.12. The van der Waals surface area contributed by atoms with E-state index in [9.17, 15) is 0 Å². The zero-order chi connectivity index (χ0) is 9.15. The van der Waals surface area contributed by atoms with Crippen LogP contribution in [-0.4, -0.2) is 9.15 Å². The number of hydrogen-bond donors (Lipinski definition) is 0. The van der Waals surface area contributed by atoms with Gasteiger partial charge in [-0.2, -0.15) is 0 Å². The summed E-state index contributed by atoms with van der Waals surface area (Å²) in [5.74, 6) is 1.95. The zero-order valence-electron chi connectivity index (χ0n) is 7.90. The molecule has 70 valence electrons. The molecule has 2 rings (SSSR count). The molecule has 4 unspecified atom stereocenters. The molecule has 0 nitrogen and oxygen atoms in total. The van der Waals surface area contributed by atoms with E-state index in [0.29, 0.717) is 14.6 Å². The van der Waals surface area contributed by atoms with Crippen LogP contribution in [0, 0.1) is 17.3 Å². The molecule has 0 aromatic carbocycles. The summed E-state index contributed by atoms with van der Waals surface area (Å²) in [4.78, 5) is 0.660. The van der Waals surface area contributed by atoms with E-state index < -0.39 is 0 Å². The number of halogens is 2. The van der Waals surface area contributed by atoms with Crippen LogP contribution < -0.4 is 0 Å². The predicted molar refractivity (Wildman–Crippen MR) is 60.0 cm³/mol. The Labute approximate surface area is 91.7 Å². The van der Waals surface area contributed by atoms with Gasteiger partial charge in [-0.25, -0.2) is 0 Å². The van der Waals surface area contributed by atoms with Gasteiger partial charge in [-0.15, -0.1) is 0 Å². The van der Waals surface area contributed by atoms with Gasteiger partial charge in [0, 0.05) is 9.15 Å². The highest BCUT2D eigenvalue weighted by Gasteiger charge is 2.63. The predicted octanol–water partition coefficient (Wildman–Crippen LogP) is 3.97. The quantitative estimate of drug-likeness (QED) is 0.593. The van der Waals surface area contributed by atoms with E-state index in [1.54, 1.807) is 0 Å². The smallest absolute Gasteiger partial charge is 0.0357 e. The highest BCUT2D eigenvalue weighted by atomic mass is 79.9. The molecule has 0 spiro atoms. The molecule has 0 heterocycles. The van der Waals surface area contributed by atoms with Gasteiger partial charge in [-0.3, -0.25) is 0 Å². The van der Waals surface area contributed by atoms with E-state index in [4.69, 9.17) is 0 Å². The molecule has 0 bridgehead atoms. The molecule has 0 aliphatic heterocycles. The Morgan fingerprint density at radius 3 is 2.25 bits per heavy atom. The molecule has 2 heteroatoms. The van der Waals surface area contributed by atoms with E-state index in [-0.39, 0.29) is 0 Å². The normalized spacial score (nSPS) is 56.2. The minimum absolute atomic E-state index is 0.335. The Morgan fingerprint density at radius 1 is 1.17 bits per heavy atom. The van der Waals surface area contributed by atoms with Crippen LogP contribution in [0.15, 0.2) is 0 Å². The van der Waals surface area contributed by atoms with Crippen LogP contribution in [0.5, 0.6) is 0 Å². The molecule has 2 aliphatic carbocycles.